The molecule has 146 valence electrons. The maximum absolute atomic E-state index is 11.7. The molecule has 2 N–H and O–H groups in total. The van der Waals surface area contributed by atoms with Crippen LogP contribution in [0.25, 0.3) is 0 Å². The van der Waals surface area contributed by atoms with Crippen LogP contribution in [0.4, 0.5) is 0 Å². The molecule has 0 radical (unpaired) electrons. The maximum Gasteiger partial charge on any atom is 0.303 e. The molecule has 0 atom stereocenters. The lowest BCUT2D eigenvalue weighted by molar-refractivity contribution is -0.137. The summed E-state index contributed by atoms with van der Waals surface area (Å²) in [5.74, 6) is -0.447. The van der Waals surface area contributed by atoms with E-state index in [9.17, 15) is 9.59 Å². The normalized spacial score (nSPS) is 10.5. The number of ether oxygens (including phenoxy) is 1. The number of carbonyl (C=O) groups excluding carboxylic acids is 1. The Kier molecular flexibility index (Phi) is 11.9. The molecule has 0 aliphatic rings. The molecule has 0 fully saturated rings. The van der Waals surface area contributed by atoms with E-state index in [1.165, 1.54) is 0 Å². The van der Waals surface area contributed by atoms with Gasteiger partial charge in [0, 0.05) is 18.0 Å². The Morgan fingerprint density at radius 3 is 2.19 bits per heavy atom. The van der Waals surface area contributed by atoms with E-state index in [4.69, 9.17) is 33.0 Å². The number of nitrogens with one attached hydrogen (secondary N) is 1. The van der Waals surface area contributed by atoms with Gasteiger partial charge in [0.2, 0.25) is 0 Å². The first-order valence-electron chi connectivity index (χ1n) is 9.05. The third-order valence-corrected chi connectivity index (χ3v) is 4.42. The molecule has 0 aliphatic heterocycles. The van der Waals surface area contributed by atoms with Crippen molar-refractivity contribution in [3.63, 3.8) is 0 Å². The van der Waals surface area contributed by atoms with Crippen LogP contribution in [0.1, 0.15) is 57.8 Å². The van der Waals surface area contributed by atoms with Gasteiger partial charge in [-0.2, -0.15) is 0 Å². The van der Waals surface area contributed by atoms with E-state index in [1.54, 1.807) is 18.2 Å². The van der Waals surface area contributed by atoms with Crippen LogP contribution in [-0.4, -0.2) is 30.1 Å². The number of hydrogen-bond donors (Lipinski definition) is 2. The number of halogens is 2. The van der Waals surface area contributed by atoms with Crippen LogP contribution in [0.3, 0.4) is 0 Å². The first kappa shape index (κ1) is 22.6. The Morgan fingerprint density at radius 1 is 0.962 bits per heavy atom. The van der Waals surface area contributed by atoms with Crippen LogP contribution in [-0.2, 0) is 9.59 Å². The highest BCUT2D eigenvalue weighted by Gasteiger charge is 2.06. The molecule has 1 rings (SSSR count). The quantitative estimate of drug-likeness (QED) is 0.424. The van der Waals surface area contributed by atoms with Gasteiger partial charge in [0.05, 0.1) is 5.02 Å². The number of amides is 1. The second kappa shape index (κ2) is 13.7. The standard InChI is InChI=1S/C19H27Cl2NO4/c20-15-10-11-17(16(21)13-15)26-14-18(23)22-12-8-6-4-2-1-3-5-7-9-19(24)25/h10-11,13H,1-9,12,14H2,(H,22,23)(H,24,25). The topological polar surface area (TPSA) is 75.6 Å². The number of hydrogen-bond acceptors (Lipinski definition) is 3. The van der Waals surface area contributed by atoms with Crippen LogP contribution in [0.5, 0.6) is 5.75 Å². The van der Waals surface area contributed by atoms with Crippen LogP contribution < -0.4 is 10.1 Å². The van der Waals surface area contributed by atoms with Crippen molar-refractivity contribution in [1.82, 2.24) is 5.32 Å². The van der Waals surface area contributed by atoms with Gasteiger partial charge in [0.25, 0.3) is 5.91 Å². The number of rotatable bonds is 14. The van der Waals surface area contributed by atoms with E-state index in [-0.39, 0.29) is 18.9 Å². The third-order valence-electron chi connectivity index (χ3n) is 3.89. The fraction of sp³-hybridized carbons (Fsp3) is 0.579. The van der Waals surface area contributed by atoms with Crippen molar-refractivity contribution in [2.45, 2.75) is 57.8 Å². The summed E-state index contributed by atoms with van der Waals surface area (Å²) in [6.07, 6.45) is 8.55. The summed E-state index contributed by atoms with van der Waals surface area (Å²) in [5, 5.41) is 12.3. The van der Waals surface area contributed by atoms with Gasteiger partial charge in [-0.05, 0) is 31.0 Å². The Labute approximate surface area is 165 Å². The van der Waals surface area contributed by atoms with Crippen molar-refractivity contribution in [1.29, 1.82) is 0 Å². The highest BCUT2D eigenvalue weighted by Crippen LogP contribution is 2.27. The van der Waals surface area contributed by atoms with E-state index < -0.39 is 5.97 Å². The summed E-state index contributed by atoms with van der Waals surface area (Å²) in [5.41, 5.74) is 0. The van der Waals surface area contributed by atoms with Gasteiger partial charge in [0.1, 0.15) is 5.75 Å². The van der Waals surface area contributed by atoms with Gasteiger partial charge in [0.15, 0.2) is 6.61 Å². The molecule has 26 heavy (non-hydrogen) atoms. The van der Waals surface area contributed by atoms with Crippen LogP contribution in [0.2, 0.25) is 10.0 Å². The highest BCUT2D eigenvalue weighted by atomic mass is 35.5. The lowest BCUT2D eigenvalue weighted by atomic mass is 10.1. The molecule has 0 aliphatic carbocycles. The summed E-state index contributed by atoms with van der Waals surface area (Å²) in [6, 6.07) is 4.87. The molecule has 1 amide bonds. The zero-order valence-electron chi connectivity index (χ0n) is 14.9. The minimum absolute atomic E-state index is 0.0717. The van der Waals surface area contributed by atoms with Gasteiger partial charge >= 0.3 is 5.97 Å². The molecule has 0 heterocycles. The Bertz CT molecular complexity index is 566. The molecule has 0 bridgehead atoms. The predicted molar refractivity (Wildman–Crippen MR) is 104 cm³/mol. The van der Waals surface area contributed by atoms with Crippen molar-refractivity contribution in [3.8, 4) is 5.75 Å². The molecule has 1 aromatic rings. The molecule has 0 unspecified atom stereocenters. The fourth-order valence-electron chi connectivity index (χ4n) is 2.48. The van der Waals surface area contributed by atoms with Crippen LogP contribution >= 0.6 is 23.2 Å². The Morgan fingerprint density at radius 2 is 1.58 bits per heavy atom. The van der Waals surface area contributed by atoms with E-state index in [2.05, 4.69) is 5.32 Å². The van der Waals surface area contributed by atoms with E-state index in [1.807, 2.05) is 0 Å². The third kappa shape index (κ3) is 11.2. The number of carboxylic acids is 1. The first-order chi connectivity index (χ1) is 12.5. The monoisotopic (exact) mass is 403 g/mol. The number of aliphatic carboxylic acids is 1. The van der Waals surface area contributed by atoms with E-state index in [0.717, 1.165) is 51.4 Å². The second-order valence-corrected chi connectivity index (χ2v) is 7.03. The van der Waals surface area contributed by atoms with Gasteiger partial charge in [-0.1, -0.05) is 61.7 Å². The minimum atomic E-state index is -0.714. The van der Waals surface area contributed by atoms with Gasteiger partial charge in [-0.3, -0.25) is 9.59 Å². The molecule has 0 saturated heterocycles. The average molecular weight is 404 g/mol. The molecule has 0 aromatic heterocycles. The molecule has 5 nitrogen and oxygen atoms in total. The van der Waals surface area contributed by atoms with Crippen molar-refractivity contribution in [2.24, 2.45) is 0 Å². The van der Waals surface area contributed by atoms with Gasteiger partial charge in [-0.25, -0.2) is 0 Å². The fourth-order valence-corrected chi connectivity index (χ4v) is 2.94. The predicted octanol–water partition coefficient (Wildman–Crippen LogP) is 5.08. The maximum atomic E-state index is 11.7. The van der Waals surface area contributed by atoms with Crippen molar-refractivity contribution >= 4 is 35.1 Å². The first-order valence-corrected chi connectivity index (χ1v) is 9.81. The number of unbranched alkanes of at least 4 members (excludes halogenated alkanes) is 7. The van der Waals surface area contributed by atoms with E-state index in [0.29, 0.717) is 22.3 Å². The molecule has 0 spiro atoms. The molecular weight excluding hydrogens is 377 g/mol. The molecule has 7 heteroatoms. The van der Waals surface area contributed by atoms with Crippen molar-refractivity contribution < 1.29 is 19.4 Å². The van der Waals surface area contributed by atoms with E-state index >= 15 is 0 Å². The lowest BCUT2D eigenvalue weighted by Gasteiger charge is -2.09. The van der Waals surface area contributed by atoms with Crippen LogP contribution in [0, 0.1) is 0 Å². The lowest BCUT2D eigenvalue weighted by Crippen LogP contribution is -2.29. The number of carbonyl (C=O) groups is 2. The summed E-state index contributed by atoms with van der Waals surface area (Å²) in [7, 11) is 0. The Balaban J connectivity index is 1.94. The largest absolute Gasteiger partial charge is 0.482 e. The zero-order valence-corrected chi connectivity index (χ0v) is 16.4. The molecular formula is C19H27Cl2NO4. The average Bonchev–Trinajstić information content (AvgIpc) is 2.58. The summed E-state index contributed by atoms with van der Waals surface area (Å²) >= 11 is 11.8. The summed E-state index contributed by atoms with van der Waals surface area (Å²) < 4.78 is 5.37. The molecule has 0 saturated carbocycles. The SMILES string of the molecule is O=C(O)CCCCCCCCCCNC(=O)COc1ccc(Cl)cc1Cl. The smallest absolute Gasteiger partial charge is 0.303 e. The second-order valence-electron chi connectivity index (χ2n) is 6.19. The zero-order chi connectivity index (χ0) is 19.2. The number of benzene rings is 1. The Hall–Kier alpha value is -1.46. The summed E-state index contributed by atoms with van der Waals surface area (Å²) in [4.78, 5) is 22.1. The van der Waals surface area contributed by atoms with Crippen molar-refractivity contribution in [2.75, 3.05) is 13.2 Å². The van der Waals surface area contributed by atoms with Gasteiger partial charge in [-0.15, -0.1) is 0 Å². The minimum Gasteiger partial charge on any atom is -0.482 e. The highest BCUT2D eigenvalue weighted by molar-refractivity contribution is 6.35. The van der Waals surface area contributed by atoms with Crippen LogP contribution in [0.15, 0.2) is 18.2 Å². The van der Waals surface area contributed by atoms with Gasteiger partial charge < -0.3 is 15.2 Å². The summed E-state index contributed by atoms with van der Waals surface area (Å²) in [6.45, 7) is 0.562. The van der Waals surface area contributed by atoms with Crippen molar-refractivity contribution in [3.05, 3.63) is 28.2 Å². The molecule has 1 aromatic carbocycles. The number of carboxylic acid groups (broad SMARTS) is 1.